The number of nitrogens with one attached hydrogen (secondary N) is 1. The SMILES string of the molecule is CCOC(=O)c1cc(NC(=O)[C@H](CC)Oc2ccc3ccccc3c2)ccc1Cl. The number of fused-ring (bicyclic) bond motifs is 1. The average Bonchev–Trinajstić information content (AvgIpc) is 2.73. The number of hydrogen-bond donors (Lipinski definition) is 1. The van der Waals surface area contributed by atoms with Crippen LogP contribution in [-0.2, 0) is 9.53 Å². The molecule has 0 aromatic heterocycles. The van der Waals surface area contributed by atoms with Gasteiger partial charge in [0.05, 0.1) is 17.2 Å². The topological polar surface area (TPSA) is 64.6 Å². The molecule has 3 aromatic carbocycles. The molecule has 0 radical (unpaired) electrons. The number of hydrogen-bond acceptors (Lipinski definition) is 4. The van der Waals surface area contributed by atoms with E-state index in [1.807, 2.05) is 49.4 Å². The van der Waals surface area contributed by atoms with E-state index in [1.54, 1.807) is 19.1 Å². The first-order valence-corrected chi connectivity index (χ1v) is 9.82. The zero-order chi connectivity index (χ0) is 20.8. The number of rotatable bonds is 7. The molecule has 0 saturated heterocycles. The van der Waals surface area contributed by atoms with Crippen molar-refractivity contribution in [2.24, 2.45) is 0 Å². The third-order valence-electron chi connectivity index (χ3n) is 4.39. The number of carbonyl (C=O) groups excluding carboxylic acids is 2. The molecule has 3 aromatic rings. The first-order valence-electron chi connectivity index (χ1n) is 9.44. The smallest absolute Gasteiger partial charge is 0.339 e. The summed E-state index contributed by atoms with van der Waals surface area (Å²) in [4.78, 5) is 24.7. The van der Waals surface area contributed by atoms with Crippen LogP contribution in [0.15, 0.2) is 60.7 Å². The fraction of sp³-hybridized carbons (Fsp3) is 0.217. The lowest BCUT2D eigenvalue weighted by molar-refractivity contribution is -0.122. The molecular formula is C23H22ClNO4. The molecule has 29 heavy (non-hydrogen) atoms. The molecule has 1 atom stereocenters. The average molecular weight is 412 g/mol. The van der Waals surface area contributed by atoms with E-state index in [9.17, 15) is 9.59 Å². The number of benzene rings is 3. The summed E-state index contributed by atoms with van der Waals surface area (Å²) in [5.74, 6) is -0.222. The molecule has 0 aliphatic carbocycles. The van der Waals surface area contributed by atoms with Crippen molar-refractivity contribution < 1.29 is 19.1 Å². The van der Waals surface area contributed by atoms with Crippen LogP contribution in [-0.4, -0.2) is 24.6 Å². The van der Waals surface area contributed by atoms with Crippen molar-refractivity contribution in [3.63, 3.8) is 0 Å². The van der Waals surface area contributed by atoms with Gasteiger partial charge in [-0.2, -0.15) is 0 Å². The quantitative estimate of drug-likeness (QED) is 0.524. The second kappa shape index (κ2) is 9.43. The number of amides is 1. The van der Waals surface area contributed by atoms with E-state index in [2.05, 4.69) is 5.32 Å². The molecule has 150 valence electrons. The maximum Gasteiger partial charge on any atom is 0.339 e. The van der Waals surface area contributed by atoms with Crippen LogP contribution < -0.4 is 10.1 Å². The van der Waals surface area contributed by atoms with Crippen molar-refractivity contribution in [1.29, 1.82) is 0 Å². The van der Waals surface area contributed by atoms with Crippen LogP contribution in [0.25, 0.3) is 10.8 Å². The second-order valence-corrected chi connectivity index (χ2v) is 6.84. The highest BCUT2D eigenvalue weighted by atomic mass is 35.5. The van der Waals surface area contributed by atoms with Gasteiger partial charge < -0.3 is 14.8 Å². The predicted octanol–water partition coefficient (Wildman–Crippen LogP) is 5.47. The Morgan fingerprint density at radius 1 is 1.00 bits per heavy atom. The predicted molar refractivity (Wildman–Crippen MR) is 115 cm³/mol. The minimum atomic E-state index is -0.683. The van der Waals surface area contributed by atoms with Gasteiger partial charge in [-0.05, 0) is 54.4 Å². The number of anilines is 1. The third kappa shape index (κ3) is 5.06. The van der Waals surface area contributed by atoms with E-state index >= 15 is 0 Å². The molecule has 5 nitrogen and oxygen atoms in total. The summed E-state index contributed by atoms with van der Waals surface area (Å²) in [6, 6.07) is 18.3. The van der Waals surface area contributed by atoms with Gasteiger partial charge in [-0.1, -0.05) is 48.9 Å². The highest BCUT2D eigenvalue weighted by Gasteiger charge is 2.20. The van der Waals surface area contributed by atoms with Gasteiger partial charge in [-0.25, -0.2) is 4.79 Å². The minimum Gasteiger partial charge on any atom is -0.481 e. The zero-order valence-corrected chi connectivity index (χ0v) is 17.0. The molecule has 0 saturated carbocycles. The Morgan fingerprint density at radius 2 is 1.76 bits per heavy atom. The van der Waals surface area contributed by atoms with Gasteiger partial charge >= 0.3 is 5.97 Å². The van der Waals surface area contributed by atoms with E-state index in [0.29, 0.717) is 17.9 Å². The fourth-order valence-corrected chi connectivity index (χ4v) is 3.11. The molecule has 1 N–H and O–H groups in total. The first-order chi connectivity index (χ1) is 14.0. The summed E-state index contributed by atoms with van der Waals surface area (Å²) in [7, 11) is 0. The Hall–Kier alpha value is -3.05. The molecule has 0 aliphatic heterocycles. The van der Waals surface area contributed by atoms with Gasteiger partial charge in [-0.15, -0.1) is 0 Å². The van der Waals surface area contributed by atoms with Gasteiger partial charge in [0.2, 0.25) is 0 Å². The summed E-state index contributed by atoms with van der Waals surface area (Å²) >= 11 is 6.07. The summed E-state index contributed by atoms with van der Waals surface area (Å²) in [6.07, 6.45) is -0.199. The van der Waals surface area contributed by atoms with Crippen LogP contribution in [0.4, 0.5) is 5.69 Å². The third-order valence-corrected chi connectivity index (χ3v) is 4.72. The zero-order valence-electron chi connectivity index (χ0n) is 16.3. The van der Waals surface area contributed by atoms with Gasteiger partial charge in [0, 0.05) is 5.69 Å². The molecule has 0 spiro atoms. The Labute approximate surface area is 174 Å². The Balaban J connectivity index is 1.74. The molecule has 0 bridgehead atoms. The van der Waals surface area contributed by atoms with Crippen LogP contribution in [0.3, 0.4) is 0 Å². The van der Waals surface area contributed by atoms with Crippen LogP contribution in [0, 0.1) is 0 Å². The molecule has 0 aliphatic rings. The Kier molecular flexibility index (Phi) is 6.73. The van der Waals surface area contributed by atoms with Crippen molar-refractivity contribution >= 4 is 39.9 Å². The van der Waals surface area contributed by atoms with E-state index < -0.39 is 12.1 Å². The molecule has 3 rings (SSSR count). The number of carbonyl (C=O) groups is 2. The van der Waals surface area contributed by atoms with Gasteiger partial charge in [0.1, 0.15) is 5.75 Å². The van der Waals surface area contributed by atoms with Gasteiger partial charge in [0.25, 0.3) is 5.91 Å². The van der Waals surface area contributed by atoms with Crippen molar-refractivity contribution in [1.82, 2.24) is 0 Å². The van der Waals surface area contributed by atoms with Crippen molar-refractivity contribution in [2.75, 3.05) is 11.9 Å². The maximum atomic E-state index is 12.7. The van der Waals surface area contributed by atoms with E-state index in [-0.39, 0.29) is 23.1 Å². The lowest BCUT2D eigenvalue weighted by atomic mass is 10.1. The van der Waals surface area contributed by atoms with Gasteiger partial charge in [-0.3, -0.25) is 4.79 Å². The number of halogens is 1. The number of esters is 1. The summed E-state index contributed by atoms with van der Waals surface area (Å²) in [6.45, 7) is 3.83. The van der Waals surface area contributed by atoms with Crippen LogP contribution >= 0.6 is 11.6 Å². The van der Waals surface area contributed by atoms with Crippen LogP contribution in [0.1, 0.15) is 30.6 Å². The number of ether oxygens (including phenoxy) is 2. The molecular weight excluding hydrogens is 390 g/mol. The largest absolute Gasteiger partial charge is 0.481 e. The van der Waals surface area contributed by atoms with Crippen LogP contribution in [0.2, 0.25) is 5.02 Å². The normalized spacial score (nSPS) is 11.7. The van der Waals surface area contributed by atoms with Crippen LogP contribution in [0.5, 0.6) is 5.75 Å². The summed E-state index contributed by atoms with van der Waals surface area (Å²) < 4.78 is 10.9. The second-order valence-electron chi connectivity index (χ2n) is 6.43. The Morgan fingerprint density at radius 3 is 2.48 bits per heavy atom. The monoisotopic (exact) mass is 411 g/mol. The molecule has 6 heteroatoms. The maximum absolute atomic E-state index is 12.7. The highest BCUT2D eigenvalue weighted by Crippen LogP contribution is 2.24. The summed E-state index contributed by atoms with van der Waals surface area (Å²) in [5.41, 5.74) is 0.651. The summed E-state index contributed by atoms with van der Waals surface area (Å²) in [5, 5.41) is 5.19. The van der Waals surface area contributed by atoms with Crippen molar-refractivity contribution in [2.45, 2.75) is 26.4 Å². The van der Waals surface area contributed by atoms with E-state index in [4.69, 9.17) is 21.1 Å². The highest BCUT2D eigenvalue weighted by molar-refractivity contribution is 6.33. The standard InChI is InChI=1S/C23H22ClNO4/c1-3-21(29-18-11-9-15-7-5-6-8-16(15)13-18)22(26)25-17-10-12-20(24)19(14-17)23(27)28-4-2/h5-14,21H,3-4H2,1-2H3,(H,25,26)/t21-/m0/s1. The van der Waals surface area contributed by atoms with Crippen molar-refractivity contribution in [3.05, 3.63) is 71.2 Å². The fourth-order valence-electron chi connectivity index (χ4n) is 2.92. The molecule has 1 amide bonds. The van der Waals surface area contributed by atoms with E-state index in [1.165, 1.54) is 6.07 Å². The lowest BCUT2D eigenvalue weighted by Crippen LogP contribution is -2.32. The minimum absolute atomic E-state index is 0.204. The molecule has 0 unspecified atom stereocenters. The molecule has 0 fully saturated rings. The van der Waals surface area contributed by atoms with E-state index in [0.717, 1.165) is 10.8 Å². The first kappa shape index (κ1) is 20.7. The van der Waals surface area contributed by atoms with Crippen molar-refractivity contribution in [3.8, 4) is 5.75 Å². The molecule has 0 heterocycles. The van der Waals surface area contributed by atoms with Gasteiger partial charge in [0.15, 0.2) is 6.10 Å². The lowest BCUT2D eigenvalue weighted by Gasteiger charge is -2.18. The Bertz CT molecular complexity index is 1030.